The van der Waals surface area contributed by atoms with Gasteiger partial charge in [-0.1, -0.05) is 11.6 Å². The average molecular weight is 399 g/mol. The quantitative estimate of drug-likeness (QED) is 0.409. The first kappa shape index (κ1) is 20.6. The fraction of sp³-hybridized carbons (Fsp3) is 0.389. The molecule has 9 heteroatoms. The number of carbonyl (C=O) groups is 3. The summed E-state index contributed by atoms with van der Waals surface area (Å²) < 4.78 is 25.4. The third kappa shape index (κ3) is 5.13. The number of rotatable bonds is 6. The number of hydrogen-bond donors (Lipinski definition) is 0. The van der Waals surface area contributed by atoms with Gasteiger partial charge in [0.05, 0.1) is 18.7 Å². The molecule has 1 saturated heterocycles. The fourth-order valence-electron chi connectivity index (χ4n) is 2.21. The number of esters is 3. The summed E-state index contributed by atoms with van der Waals surface area (Å²) in [5, 5.41) is 0.160. The van der Waals surface area contributed by atoms with Crippen LogP contribution in [0.4, 0.5) is 0 Å². The molecular formula is C18H19ClO8. The van der Waals surface area contributed by atoms with Gasteiger partial charge in [-0.25, -0.2) is 14.4 Å². The lowest BCUT2D eigenvalue weighted by molar-refractivity contribution is -0.222. The Balaban J connectivity index is 2.29. The molecular weight excluding hydrogens is 380 g/mol. The molecule has 1 fully saturated rings. The van der Waals surface area contributed by atoms with E-state index in [1.54, 1.807) is 6.92 Å². The molecule has 1 heterocycles. The molecule has 1 aliphatic rings. The highest BCUT2D eigenvalue weighted by Crippen LogP contribution is 2.35. The van der Waals surface area contributed by atoms with Crippen molar-refractivity contribution in [3.05, 3.63) is 28.3 Å². The van der Waals surface area contributed by atoms with Gasteiger partial charge in [0.2, 0.25) is 0 Å². The van der Waals surface area contributed by atoms with Crippen molar-refractivity contribution in [2.75, 3.05) is 20.3 Å². The molecule has 0 aliphatic carbocycles. The van der Waals surface area contributed by atoms with E-state index in [0.29, 0.717) is 5.56 Å². The summed E-state index contributed by atoms with van der Waals surface area (Å²) in [5.74, 6) is -3.08. The van der Waals surface area contributed by atoms with E-state index in [9.17, 15) is 14.4 Å². The average Bonchev–Trinajstić information content (AvgIpc) is 2.57. The number of cyclic esters (lactones) is 2. The lowest BCUT2D eigenvalue weighted by Gasteiger charge is -2.29. The van der Waals surface area contributed by atoms with Crippen LogP contribution in [0, 0.1) is 0 Å². The van der Waals surface area contributed by atoms with E-state index in [-0.39, 0.29) is 35.3 Å². The molecule has 1 aliphatic heterocycles. The van der Waals surface area contributed by atoms with Crippen molar-refractivity contribution in [3.63, 3.8) is 0 Å². The van der Waals surface area contributed by atoms with E-state index in [1.807, 2.05) is 0 Å². The maximum Gasteiger partial charge on any atom is 0.348 e. The fourth-order valence-corrected chi connectivity index (χ4v) is 2.42. The number of halogens is 1. The van der Waals surface area contributed by atoms with Gasteiger partial charge < -0.3 is 23.7 Å². The highest BCUT2D eigenvalue weighted by atomic mass is 35.5. The number of ether oxygens (including phenoxy) is 5. The Morgan fingerprint density at radius 2 is 1.81 bits per heavy atom. The third-order valence-corrected chi connectivity index (χ3v) is 3.68. The standard InChI is InChI=1S/C18H19ClO8/c1-5-24-15(20)9-25-14-8-12(19)10(7-13(14)23-4)6-11-16(21)26-18(2,3)27-17(11)22/h6-8H,5,9H2,1-4H3. The molecule has 1 aromatic carbocycles. The Morgan fingerprint density at radius 1 is 1.19 bits per heavy atom. The van der Waals surface area contributed by atoms with Gasteiger partial charge in [0.15, 0.2) is 18.1 Å². The van der Waals surface area contributed by atoms with Crippen molar-refractivity contribution in [1.82, 2.24) is 0 Å². The Hall–Kier alpha value is -2.74. The van der Waals surface area contributed by atoms with Crippen LogP contribution in [-0.4, -0.2) is 44.0 Å². The summed E-state index contributed by atoms with van der Waals surface area (Å²) in [7, 11) is 1.39. The van der Waals surface area contributed by atoms with Crippen LogP contribution in [0.1, 0.15) is 26.3 Å². The van der Waals surface area contributed by atoms with Crippen LogP contribution >= 0.6 is 11.6 Å². The van der Waals surface area contributed by atoms with Gasteiger partial charge in [-0.2, -0.15) is 0 Å². The van der Waals surface area contributed by atoms with Crippen molar-refractivity contribution < 1.29 is 38.1 Å². The highest BCUT2D eigenvalue weighted by Gasteiger charge is 2.39. The van der Waals surface area contributed by atoms with Gasteiger partial charge in [-0.15, -0.1) is 0 Å². The number of methoxy groups -OCH3 is 1. The van der Waals surface area contributed by atoms with E-state index in [1.165, 1.54) is 39.2 Å². The number of carbonyl (C=O) groups excluding carboxylic acids is 3. The second-order valence-electron chi connectivity index (χ2n) is 5.86. The Labute approximate surface area is 160 Å². The van der Waals surface area contributed by atoms with Crippen molar-refractivity contribution in [2.45, 2.75) is 26.6 Å². The zero-order valence-corrected chi connectivity index (χ0v) is 16.0. The van der Waals surface area contributed by atoms with Gasteiger partial charge in [0, 0.05) is 19.9 Å². The first-order chi connectivity index (χ1) is 12.7. The molecule has 1 aromatic rings. The first-order valence-corrected chi connectivity index (χ1v) is 8.39. The Morgan fingerprint density at radius 3 is 2.37 bits per heavy atom. The summed E-state index contributed by atoms with van der Waals surface area (Å²) in [4.78, 5) is 35.5. The summed E-state index contributed by atoms with van der Waals surface area (Å²) in [6.45, 7) is 4.49. The van der Waals surface area contributed by atoms with Crippen molar-refractivity contribution in [2.24, 2.45) is 0 Å². The minimum Gasteiger partial charge on any atom is -0.493 e. The number of hydrogen-bond acceptors (Lipinski definition) is 8. The largest absolute Gasteiger partial charge is 0.493 e. The monoisotopic (exact) mass is 398 g/mol. The maximum atomic E-state index is 12.1. The van der Waals surface area contributed by atoms with Gasteiger partial charge in [-0.05, 0) is 24.6 Å². The van der Waals surface area contributed by atoms with Crippen LogP contribution < -0.4 is 9.47 Å². The third-order valence-electron chi connectivity index (χ3n) is 3.35. The van der Waals surface area contributed by atoms with Gasteiger partial charge >= 0.3 is 17.9 Å². The molecule has 8 nitrogen and oxygen atoms in total. The molecule has 0 atom stereocenters. The number of benzene rings is 1. The molecule has 0 aromatic heterocycles. The molecule has 146 valence electrons. The lowest BCUT2D eigenvalue weighted by Crippen LogP contribution is -2.41. The molecule has 0 spiro atoms. The molecule has 0 amide bonds. The molecule has 27 heavy (non-hydrogen) atoms. The Kier molecular flexibility index (Phi) is 6.32. The normalized spacial score (nSPS) is 15.5. The van der Waals surface area contributed by atoms with Crippen LogP contribution in [0.25, 0.3) is 6.08 Å². The van der Waals surface area contributed by atoms with Crippen molar-refractivity contribution >= 4 is 35.6 Å². The second-order valence-corrected chi connectivity index (χ2v) is 6.26. The Bertz CT molecular complexity index is 775. The summed E-state index contributed by atoms with van der Waals surface area (Å²) in [6, 6.07) is 2.85. The molecule has 0 radical (unpaired) electrons. The van der Waals surface area contributed by atoms with Crippen LogP contribution in [0.5, 0.6) is 11.5 Å². The molecule has 0 N–H and O–H groups in total. The zero-order chi connectivity index (χ0) is 20.2. The SMILES string of the molecule is CCOC(=O)COc1cc(Cl)c(C=C2C(=O)OC(C)(C)OC2=O)cc1OC. The van der Waals surface area contributed by atoms with Crippen molar-refractivity contribution in [1.29, 1.82) is 0 Å². The summed E-state index contributed by atoms with van der Waals surface area (Å²) in [5.41, 5.74) is -0.000854. The predicted molar refractivity (Wildman–Crippen MR) is 94.4 cm³/mol. The predicted octanol–water partition coefficient (Wildman–Crippen LogP) is 2.51. The molecule has 2 rings (SSSR count). The highest BCUT2D eigenvalue weighted by molar-refractivity contribution is 6.32. The van der Waals surface area contributed by atoms with Gasteiger partial charge in [-0.3, -0.25) is 0 Å². The van der Waals surface area contributed by atoms with E-state index >= 15 is 0 Å². The van der Waals surface area contributed by atoms with E-state index in [0.717, 1.165) is 0 Å². The van der Waals surface area contributed by atoms with E-state index in [4.69, 9.17) is 35.3 Å². The van der Waals surface area contributed by atoms with Crippen LogP contribution in [0.15, 0.2) is 17.7 Å². The van der Waals surface area contributed by atoms with Crippen LogP contribution in [0.3, 0.4) is 0 Å². The smallest absolute Gasteiger partial charge is 0.348 e. The minimum absolute atomic E-state index is 0.160. The minimum atomic E-state index is -1.34. The zero-order valence-electron chi connectivity index (χ0n) is 15.3. The van der Waals surface area contributed by atoms with Gasteiger partial charge in [0.25, 0.3) is 5.79 Å². The molecule has 0 unspecified atom stereocenters. The molecule has 0 bridgehead atoms. The van der Waals surface area contributed by atoms with Crippen LogP contribution in [-0.2, 0) is 28.6 Å². The van der Waals surface area contributed by atoms with Gasteiger partial charge in [0.1, 0.15) is 5.57 Å². The van der Waals surface area contributed by atoms with Crippen LogP contribution in [0.2, 0.25) is 5.02 Å². The first-order valence-electron chi connectivity index (χ1n) is 8.01. The topological polar surface area (TPSA) is 97.4 Å². The second kappa shape index (κ2) is 8.30. The van der Waals surface area contributed by atoms with Crippen molar-refractivity contribution in [3.8, 4) is 11.5 Å². The van der Waals surface area contributed by atoms with E-state index in [2.05, 4.69) is 0 Å². The summed E-state index contributed by atoms with van der Waals surface area (Å²) >= 11 is 6.20. The van der Waals surface area contributed by atoms with E-state index < -0.39 is 23.7 Å². The maximum absolute atomic E-state index is 12.1. The summed E-state index contributed by atoms with van der Waals surface area (Å²) in [6.07, 6.45) is 1.24. The lowest BCUT2D eigenvalue weighted by atomic mass is 10.1. The molecule has 0 saturated carbocycles.